The van der Waals surface area contributed by atoms with Gasteiger partial charge in [-0.1, -0.05) is 91.9 Å². The second-order valence-electron chi connectivity index (χ2n) is 12.8. The molecule has 12 nitrogen and oxygen atoms in total. The highest BCUT2D eigenvalue weighted by Crippen LogP contribution is 2.47. The lowest BCUT2D eigenvalue weighted by atomic mass is 9.82. The average Bonchev–Trinajstić information content (AvgIpc) is 3.37. The summed E-state index contributed by atoms with van der Waals surface area (Å²) >= 11 is 0. The minimum atomic E-state index is -2.15. The monoisotopic (exact) mass is 701 g/mol. The van der Waals surface area contributed by atoms with Crippen molar-refractivity contribution in [2.75, 3.05) is 23.1 Å². The van der Waals surface area contributed by atoms with Gasteiger partial charge in [-0.05, 0) is 34.9 Å². The number of benzene rings is 4. The van der Waals surface area contributed by atoms with Gasteiger partial charge >= 0.3 is 0 Å². The van der Waals surface area contributed by atoms with Gasteiger partial charge in [-0.3, -0.25) is 24.5 Å². The van der Waals surface area contributed by atoms with E-state index >= 15 is 0 Å². The zero-order valence-electron chi connectivity index (χ0n) is 28.7. The van der Waals surface area contributed by atoms with E-state index in [-0.39, 0.29) is 49.2 Å². The Labute approximate surface area is 301 Å². The van der Waals surface area contributed by atoms with E-state index in [0.717, 1.165) is 16.8 Å². The number of non-ortho nitro benzene ring substituents is 1. The number of anilines is 2. The molecule has 2 aliphatic heterocycles. The normalized spacial score (nSPS) is 17.6. The largest absolute Gasteiger partial charge is 0.395 e. The van der Waals surface area contributed by atoms with Gasteiger partial charge in [0, 0.05) is 56.0 Å². The molecular formula is C40H39N5O7. The van der Waals surface area contributed by atoms with E-state index in [0.29, 0.717) is 36.3 Å². The van der Waals surface area contributed by atoms with E-state index in [1.54, 1.807) is 43.3 Å². The lowest BCUT2D eigenvalue weighted by Gasteiger charge is -2.28. The van der Waals surface area contributed by atoms with Crippen molar-refractivity contribution in [3.8, 4) is 0 Å². The summed E-state index contributed by atoms with van der Waals surface area (Å²) in [7, 11) is 0. The van der Waals surface area contributed by atoms with Gasteiger partial charge in [-0.2, -0.15) is 5.10 Å². The lowest BCUT2D eigenvalue weighted by molar-refractivity contribution is -0.385. The third-order valence-electron chi connectivity index (χ3n) is 9.44. The number of carbonyl (C=O) groups excluding carboxylic acids is 3. The lowest BCUT2D eigenvalue weighted by Crippen LogP contribution is -2.44. The third-order valence-corrected chi connectivity index (χ3v) is 9.44. The first-order chi connectivity index (χ1) is 25.1. The number of hydrogen-bond acceptors (Lipinski definition) is 8. The Hall–Kier alpha value is -5.98. The van der Waals surface area contributed by atoms with E-state index < -0.39 is 22.3 Å². The van der Waals surface area contributed by atoms with Crippen molar-refractivity contribution in [2.24, 2.45) is 11.0 Å². The molecule has 0 saturated carbocycles. The van der Waals surface area contributed by atoms with E-state index in [1.165, 1.54) is 33.0 Å². The molecule has 0 saturated heterocycles. The van der Waals surface area contributed by atoms with Crippen LogP contribution in [0.2, 0.25) is 0 Å². The first kappa shape index (κ1) is 35.8. The van der Waals surface area contributed by atoms with Crippen molar-refractivity contribution in [3.63, 3.8) is 0 Å². The molecule has 0 radical (unpaired) electrons. The number of amides is 3. The second kappa shape index (κ2) is 15.5. The van der Waals surface area contributed by atoms with E-state index in [4.69, 9.17) is 0 Å². The Morgan fingerprint density at radius 3 is 2.35 bits per heavy atom. The maximum atomic E-state index is 14.1. The van der Waals surface area contributed by atoms with E-state index in [2.05, 4.69) is 5.10 Å². The number of carbonyl (C=O) groups is 3. The summed E-state index contributed by atoms with van der Waals surface area (Å²) in [5.41, 5.74) is 1.92. The fourth-order valence-corrected chi connectivity index (χ4v) is 6.58. The van der Waals surface area contributed by atoms with Gasteiger partial charge in [0.25, 0.3) is 11.6 Å². The minimum absolute atomic E-state index is 0.0449. The molecule has 2 heterocycles. The average molecular weight is 702 g/mol. The summed E-state index contributed by atoms with van der Waals surface area (Å²) in [6.45, 7) is 1.91. The van der Waals surface area contributed by atoms with Crippen LogP contribution in [0.5, 0.6) is 0 Å². The molecule has 2 atom stereocenters. The van der Waals surface area contributed by atoms with Crippen molar-refractivity contribution in [1.82, 2.24) is 4.90 Å². The van der Waals surface area contributed by atoms with Crippen molar-refractivity contribution in [3.05, 3.63) is 148 Å². The number of aliphatic hydroxyl groups is 2. The molecule has 4 aromatic rings. The number of nitro benzene ring substituents is 1. The van der Waals surface area contributed by atoms with Crippen molar-refractivity contribution in [1.29, 1.82) is 0 Å². The highest BCUT2D eigenvalue weighted by atomic mass is 16.6. The summed E-state index contributed by atoms with van der Waals surface area (Å²) < 4.78 is 0. The number of hydrogen-bond donors (Lipinski definition) is 2. The molecule has 0 bridgehead atoms. The Morgan fingerprint density at radius 1 is 0.981 bits per heavy atom. The van der Waals surface area contributed by atoms with Gasteiger partial charge in [0.15, 0.2) is 5.60 Å². The molecular weight excluding hydrogens is 662 g/mol. The predicted molar refractivity (Wildman–Crippen MR) is 196 cm³/mol. The number of fused-ring (bicyclic) bond motifs is 1. The molecule has 2 N–H and O–H groups in total. The molecule has 2 aliphatic rings. The maximum absolute atomic E-state index is 14.1. The van der Waals surface area contributed by atoms with Crippen LogP contribution in [0, 0.1) is 16.0 Å². The number of nitrogens with zero attached hydrogens (tertiary/aromatic N) is 5. The summed E-state index contributed by atoms with van der Waals surface area (Å²) in [5, 5.41) is 39.4. The fourth-order valence-electron chi connectivity index (χ4n) is 6.58. The van der Waals surface area contributed by atoms with Crippen LogP contribution in [-0.2, 0) is 33.1 Å². The summed E-state index contributed by atoms with van der Waals surface area (Å²) in [6, 6.07) is 30.1. The zero-order valence-corrected chi connectivity index (χ0v) is 28.7. The fraction of sp³-hybridized carbons (Fsp3) is 0.250. The molecule has 12 heteroatoms. The van der Waals surface area contributed by atoms with Crippen LogP contribution in [0.15, 0.2) is 120 Å². The standard InChI is InChI=1S/C40H39N5O7/c1-28(9-8-14-37(47)42(23-24-46)26-29-10-4-2-5-11-29)40(50)34-25-33(45(51)52)19-21-36(34)43(39(40)49)27-30-15-17-32(18-16-30)44-38(48)22-20-35(41-44)31-12-6-3-7-13-31/h2-13,15-19,21,25,28,46,50H,14,20,22-24,26-27H2,1H3/b9-8+/t28-,40+/m0/s1. The number of nitro groups is 1. The van der Waals surface area contributed by atoms with Crippen molar-refractivity contribution in [2.45, 2.75) is 44.9 Å². The first-order valence-corrected chi connectivity index (χ1v) is 17.1. The molecule has 0 aromatic heterocycles. The minimum Gasteiger partial charge on any atom is -0.395 e. The van der Waals surface area contributed by atoms with Gasteiger partial charge in [0.05, 0.1) is 35.2 Å². The predicted octanol–water partition coefficient (Wildman–Crippen LogP) is 5.46. The van der Waals surface area contributed by atoms with Crippen LogP contribution >= 0.6 is 0 Å². The Balaban J connectivity index is 1.21. The van der Waals surface area contributed by atoms with Crippen LogP contribution < -0.4 is 9.91 Å². The third kappa shape index (κ3) is 7.39. The number of hydrazone groups is 1. The summed E-state index contributed by atoms with van der Waals surface area (Å²) in [4.78, 5) is 54.1. The number of rotatable bonds is 13. The molecule has 3 amide bonds. The van der Waals surface area contributed by atoms with Crippen LogP contribution in [0.4, 0.5) is 17.1 Å². The molecule has 266 valence electrons. The van der Waals surface area contributed by atoms with E-state index in [1.807, 2.05) is 60.7 Å². The topological polar surface area (TPSA) is 157 Å². The van der Waals surface area contributed by atoms with Crippen LogP contribution in [0.25, 0.3) is 0 Å². The van der Waals surface area contributed by atoms with Crippen LogP contribution in [0.1, 0.15) is 48.4 Å². The Morgan fingerprint density at radius 2 is 1.67 bits per heavy atom. The first-order valence-electron chi connectivity index (χ1n) is 17.1. The Bertz CT molecular complexity index is 2020. The molecule has 52 heavy (non-hydrogen) atoms. The smallest absolute Gasteiger partial charge is 0.269 e. The van der Waals surface area contributed by atoms with Gasteiger partial charge < -0.3 is 20.0 Å². The van der Waals surface area contributed by atoms with E-state index in [9.17, 15) is 34.7 Å². The molecule has 0 unspecified atom stereocenters. The van der Waals surface area contributed by atoms with Gasteiger partial charge in [-0.15, -0.1) is 0 Å². The van der Waals surface area contributed by atoms with Crippen LogP contribution in [-0.4, -0.2) is 56.6 Å². The zero-order chi connectivity index (χ0) is 36.8. The SMILES string of the molecule is C[C@@H](/C=C/CC(=O)N(CCO)Cc1ccccc1)[C@]1(O)C(=O)N(Cc2ccc(N3N=C(c4ccccc4)CCC3=O)cc2)c2ccc([N+](=O)[O-])cc21. The molecule has 0 spiro atoms. The molecule has 0 aliphatic carbocycles. The van der Waals surface area contributed by atoms with Gasteiger partial charge in [0.1, 0.15) is 0 Å². The van der Waals surface area contributed by atoms with Gasteiger partial charge in [-0.25, -0.2) is 5.01 Å². The Kier molecular flexibility index (Phi) is 10.7. The highest BCUT2D eigenvalue weighted by molar-refractivity contribution is 6.09. The van der Waals surface area contributed by atoms with Gasteiger partial charge in [0.2, 0.25) is 11.8 Å². The van der Waals surface area contributed by atoms with Crippen molar-refractivity contribution < 1.29 is 29.5 Å². The summed E-state index contributed by atoms with van der Waals surface area (Å²) in [5.74, 6) is -1.92. The highest BCUT2D eigenvalue weighted by Gasteiger charge is 2.53. The summed E-state index contributed by atoms with van der Waals surface area (Å²) in [6.07, 6.45) is 3.94. The molecule has 0 fully saturated rings. The molecule has 6 rings (SSSR count). The van der Waals surface area contributed by atoms with Crippen LogP contribution in [0.3, 0.4) is 0 Å². The molecule has 4 aromatic carbocycles. The van der Waals surface area contributed by atoms with Crippen molar-refractivity contribution >= 4 is 40.5 Å². The number of aliphatic hydroxyl groups excluding tert-OH is 1. The maximum Gasteiger partial charge on any atom is 0.269 e. The second-order valence-corrected chi connectivity index (χ2v) is 12.8. The quantitative estimate of drug-likeness (QED) is 0.106.